The average molecular weight is 405 g/mol. The van der Waals surface area contributed by atoms with E-state index in [0.717, 1.165) is 34.1 Å². The van der Waals surface area contributed by atoms with Gasteiger partial charge >= 0.3 is 0 Å². The van der Waals surface area contributed by atoms with E-state index >= 15 is 0 Å². The van der Waals surface area contributed by atoms with Gasteiger partial charge < -0.3 is 15.0 Å². The molecule has 2 aromatic rings. The van der Waals surface area contributed by atoms with Crippen molar-refractivity contribution in [2.24, 2.45) is 0 Å². The maximum atomic E-state index is 11.9. The standard InChI is InChI=1S/C21H25ClN2O2S/c1-24(2)14-6-13-23-21(25)12-10-16-9-11-17(15-18(16)22)27-20-8-5-4-7-19(20)26-3/h4-5,7-12,15H,6,13-14H2,1-3H3,(H,23,25). The van der Waals surface area contributed by atoms with Gasteiger partial charge in [-0.05, 0) is 63.0 Å². The van der Waals surface area contributed by atoms with Crippen LogP contribution in [-0.4, -0.2) is 45.1 Å². The number of rotatable bonds is 9. The molecule has 4 nitrogen and oxygen atoms in total. The first-order chi connectivity index (χ1) is 13.0. The zero-order valence-electron chi connectivity index (χ0n) is 15.9. The van der Waals surface area contributed by atoms with Gasteiger partial charge in [-0.25, -0.2) is 0 Å². The Kier molecular flexibility index (Phi) is 8.72. The largest absolute Gasteiger partial charge is 0.496 e. The van der Waals surface area contributed by atoms with E-state index in [1.54, 1.807) is 24.9 Å². The highest BCUT2D eigenvalue weighted by Crippen LogP contribution is 2.36. The number of amides is 1. The van der Waals surface area contributed by atoms with Crippen LogP contribution in [-0.2, 0) is 4.79 Å². The topological polar surface area (TPSA) is 41.6 Å². The van der Waals surface area contributed by atoms with E-state index in [1.807, 2.05) is 56.6 Å². The van der Waals surface area contributed by atoms with Crippen molar-refractivity contribution in [2.75, 3.05) is 34.3 Å². The molecule has 1 amide bonds. The number of nitrogens with zero attached hydrogens (tertiary/aromatic N) is 1. The summed E-state index contributed by atoms with van der Waals surface area (Å²) < 4.78 is 5.38. The number of ether oxygens (including phenoxy) is 1. The van der Waals surface area contributed by atoms with Crippen LogP contribution in [0.15, 0.2) is 58.3 Å². The minimum Gasteiger partial charge on any atom is -0.496 e. The first-order valence-corrected chi connectivity index (χ1v) is 9.90. The number of carbonyl (C=O) groups excluding carboxylic acids is 1. The molecule has 0 aliphatic carbocycles. The van der Waals surface area contributed by atoms with Gasteiger partial charge in [-0.3, -0.25) is 4.79 Å². The van der Waals surface area contributed by atoms with Crippen LogP contribution in [0.5, 0.6) is 5.75 Å². The first-order valence-electron chi connectivity index (χ1n) is 8.70. The predicted octanol–water partition coefficient (Wildman–Crippen LogP) is 4.58. The summed E-state index contributed by atoms with van der Waals surface area (Å²) in [5, 5.41) is 3.47. The second kappa shape index (κ2) is 11.0. The van der Waals surface area contributed by atoms with E-state index in [2.05, 4.69) is 10.2 Å². The molecular formula is C21H25ClN2O2S. The van der Waals surface area contributed by atoms with Crippen LogP contribution in [0.3, 0.4) is 0 Å². The summed E-state index contributed by atoms with van der Waals surface area (Å²) in [5.74, 6) is 0.714. The molecule has 0 radical (unpaired) electrons. The molecule has 144 valence electrons. The lowest BCUT2D eigenvalue weighted by molar-refractivity contribution is -0.116. The molecule has 0 fully saturated rings. The van der Waals surface area contributed by atoms with Crippen molar-refractivity contribution in [2.45, 2.75) is 16.2 Å². The number of benzene rings is 2. The molecule has 0 atom stereocenters. The van der Waals surface area contributed by atoms with Gasteiger partial charge in [0.05, 0.1) is 12.0 Å². The fourth-order valence-electron chi connectivity index (χ4n) is 2.37. The van der Waals surface area contributed by atoms with Gasteiger partial charge in [0.1, 0.15) is 5.75 Å². The maximum Gasteiger partial charge on any atom is 0.244 e. The van der Waals surface area contributed by atoms with Crippen molar-refractivity contribution in [1.29, 1.82) is 0 Å². The van der Waals surface area contributed by atoms with Crippen LogP contribution in [0, 0.1) is 0 Å². The van der Waals surface area contributed by atoms with Crippen molar-refractivity contribution in [3.63, 3.8) is 0 Å². The number of para-hydroxylation sites is 1. The lowest BCUT2D eigenvalue weighted by Gasteiger charge is -2.09. The third kappa shape index (κ3) is 7.29. The molecule has 0 unspecified atom stereocenters. The first kappa shape index (κ1) is 21.4. The fourth-order valence-corrected chi connectivity index (χ4v) is 3.64. The van der Waals surface area contributed by atoms with E-state index in [-0.39, 0.29) is 5.91 Å². The van der Waals surface area contributed by atoms with E-state index in [0.29, 0.717) is 11.6 Å². The predicted molar refractivity (Wildman–Crippen MR) is 114 cm³/mol. The minimum absolute atomic E-state index is 0.114. The summed E-state index contributed by atoms with van der Waals surface area (Å²) in [7, 11) is 5.69. The summed E-state index contributed by atoms with van der Waals surface area (Å²) in [5.41, 5.74) is 0.810. The second-order valence-electron chi connectivity index (χ2n) is 6.22. The van der Waals surface area contributed by atoms with E-state index in [1.165, 1.54) is 6.08 Å². The summed E-state index contributed by atoms with van der Waals surface area (Å²) in [6.07, 6.45) is 4.17. The van der Waals surface area contributed by atoms with Crippen LogP contribution in [0.1, 0.15) is 12.0 Å². The number of carbonyl (C=O) groups is 1. The minimum atomic E-state index is -0.114. The Morgan fingerprint density at radius 3 is 2.74 bits per heavy atom. The monoisotopic (exact) mass is 404 g/mol. The van der Waals surface area contributed by atoms with Crippen LogP contribution >= 0.6 is 23.4 Å². The van der Waals surface area contributed by atoms with Crippen LogP contribution in [0.4, 0.5) is 0 Å². The Labute approximate surface area is 170 Å². The molecule has 0 aliphatic rings. The average Bonchev–Trinajstić information content (AvgIpc) is 2.65. The Bertz CT molecular complexity index is 794. The zero-order chi connectivity index (χ0) is 19.6. The van der Waals surface area contributed by atoms with Crippen LogP contribution in [0.25, 0.3) is 6.08 Å². The molecule has 2 rings (SSSR count). The summed E-state index contributed by atoms with van der Waals surface area (Å²) in [6.45, 7) is 1.60. The highest BCUT2D eigenvalue weighted by atomic mass is 35.5. The number of hydrogen-bond acceptors (Lipinski definition) is 4. The van der Waals surface area contributed by atoms with E-state index in [4.69, 9.17) is 16.3 Å². The number of methoxy groups -OCH3 is 1. The smallest absolute Gasteiger partial charge is 0.244 e. The highest BCUT2D eigenvalue weighted by molar-refractivity contribution is 7.99. The number of halogens is 1. The Hall–Kier alpha value is -1.95. The summed E-state index contributed by atoms with van der Waals surface area (Å²) in [6, 6.07) is 13.6. The molecule has 0 aromatic heterocycles. The van der Waals surface area contributed by atoms with Gasteiger partial charge in [-0.1, -0.05) is 41.6 Å². The van der Waals surface area contributed by atoms with Gasteiger partial charge in [0.25, 0.3) is 0 Å². The fraction of sp³-hybridized carbons (Fsp3) is 0.286. The number of hydrogen-bond donors (Lipinski definition) is 1. The molecule has 1 N–H and O–H groups in total. The quantitative estimate of drug-likeness (QED) is 0.490. The van der Waals surface area contributed by atoms with Gasteiger partial charge in [-0.15, -0.1) is 0 Å². The van der Waals surface area contributed by atoms with E-state index in [9.17, 15) is 4.79 Å². The molecular weight excluding hydrogens is 380 g/mol. The molecule has 27 heavy (non-hydrogen) atoms. The van der Waals surface area contributed by atoms with E-state index < -0.39 is 0 Å². The lowest BCUT2D eigenvalue weighted by Crippen LogP contribution is -2.25. The normalized spacial score (nSPS) is 11.1. The molecule has 0 saturated heterocycles. The number of nitrogens with one attached hydrogen (secondary N) is 1. The van der Waals surface area contributed by atoms with Gasteiger partial charge in [0, 0.05) is 22.5 Å². The second-order valence-corrected chi connectivity index (χ2v) is 7.74. The van der Waals surface area contributed by atoms with Crippen molar-refractivity contribution < 1.29 is 9.53 Å². The highest BCUT2D eigenvalue weighted by Gasteiger charge is 2.06. The summed E-state index contributed by atoms with van der Waals surface area (Å²) >= 11 is 7.97. The molecule has 6 heteroatoms. The molecule has 0 spiro atoms. The maximum absolute atomic E-state index is 11.9. The van der Waals surface area contributed by atoms with Gasteiger partial charge in [-0.2, -0.15) is 0 Å². The van der Waals surface area contributed by atoms with Crippen molar-refractivity contribution in [3.8, 4) is 5.75 Å². The molecule has 2 aromatic carbocycles. The third-order valence-corrected chi connectivity index (χ3v) is 5.14. The lowest BCUT2D eigenvalue weighted by atomic mass is 10.2. The van der Waals surface area contributed by atoms with Gasteiger partial charge in [0.15, 0.2) is 0 Å². The van der Waals surface area contributed by atoms with Crippen molar-refractivity contribution >= 4 is 35.3 Å². The summed E-state index contributed by atoms with van der Waals surface area (Å²) in [4.78, 5) is 16.0. The molecule has 0 heterocycles. The Balaban J connectivity index is 1.95. The van der Waals surface area contributed by atoms with Crippen LogP contribution < -0.4 is 10.1 Å². The Morgan fingerprint density at radius 2 is 2.04 bits per heavy atom. The zero-order valence-corrected chi connectivity index (χ0v) is 17.4. The molecule has 0 bridgehead atoms. The van der Waals surface area contributed by atoms with Crippen molar-refractivity contribution in [1.82, 2.24) is 10.2 Å². The van der Waals surface area contributed by atoms with Crippen molar-refractivity contribution in [3.05, 3.63) is 59.1 Å². The SMILES string of the molecule is COc1ccccc1Sc1ccc(C=CC(=O)NCCCN(C)C)c(Cl)c1. The Morgan fingerprint density at radius 1 is 1.26 bits per heavy atom. The van der Waals surface area contributed by atoms with Crippen LogP contribution in [0.2, 0.25) is 5.02 Å². The van der Waals surface area contributed by atoms with Gasteiger partial charge in [0.2, 0.25) is 5.91 Å². The molecule has 0 saturated carbocycles. The molecule has 0 aliphatic heterocycles. The third-order valence-electron chi connectivity index (χ3n) is 3.76.